The summed E-state index contributed by atoms with van der Waals surface area (Å²) in [6.07, 6.45) is 0.0948. The van der Waals surface area contributed by atoms with Crippen molar-refractivity contribution in [2.75, 3.05) is 7.11 Å². The van der Waals surface area contributed by atoms with Crippen molar-refractivity contribution in [3.63, 3.8) is 0 Å². The molecule has 0 N–H and O–H groups in total. The van der Waals surface area contributed by atoms with Gasteiger partial charge in [0.25, 0.3) is 0 Å². The van der Waals surface area contributed by atoms with Crippen LogP contribution in [0.1, 0.15) is 16.2 Å². The van der Waals surface area contributed by atoms with Crippen LogP contribution in [0.5, 0.6) is 0 Å². The molecule has 0 radical (unpaired) electrons. The van der Waals surface area contributed by atoms with Crippen LogP contribution in [0.3, 0.4) is 0 Å². The van der Waals surface area contributed by atoms with E-state index in [4.69, 9.17) is 0 Å². The molecule has 0 spiro atoms. The Morgan fingerprint density at radius 2 is 2.14 bits per heavy atom. The van der Waals surface area contributed by atoms with Crippen LogP contribution in [0.4, 0.5) is 0 Å². The third-order valence-electron chi connectivity index (χ3n) is 1.45. The van der Waals surface area contributed by atoms with Crippen molar-refractivity contribution < 1.29 is 14.3 Å². The molecule has 0 fully saturated rings. The van der Waals surface area contributed by atoms with E-state index in [0.29, 0.717) is 5.69 Å². The van der Waals surface area contributed by atoms with E-state index in [1.54, 1.807) is 0 Å². The average molecular weight is 212 g/mol. The number of nitrogens with zero attached hydrogens (tertiary/aromatic N) is 2. The van der Waals surface area contributed by atoms with E-state index in [2.05, 4.69) is 27.6 Å². The summed E-state index contributed by atoms with van der Waals surface area (Å²) in [6, 6.07) is 2.98. The molecule has 1 rings (SSSR count). The van der Waals surface area contributed by atoms with Crippen LogP contribution < -0.4 is 0 Å². The molecular formula is C8H8N2O3S. The zero-order valence-electron chi connectivity index (χ0n) is 7.43. The fourth-order valence-electron chi connectivity index (χ4n) is 0.823. The molecule has 0 aromatic carbocycles. The van der Waals surface area contributed by atoms with Crippen molar-refractivity contribution in [3.05, 3.63) is 23.5 Å². The maximum absolute atomic E-state index is 10.9. The van der Waals surface area contributed by atoms with Gasteiger partial charge >= 0.3 is 5.97 Å². The molecule has 0 aliphatic rings. The maximum Gasteiger partial charge on any atom is 0.358 e. The number of esters is 1. The summed E-state index contributed by atoms with van der Waals surface area (Å²) in [5.74, 6) is -0.554. The Labute approximate surface area is 85.9 Å². The van der Waals surface area contributed by atoms with Gasteiger partial charge in [0.1, 0.15) is 0 Å². The highest BCUT2D eigenvalue weighted by Crippen LogP contribution is 2.00. The Morgan fingerprint density at radius 3 is 2.57 bits per heavy atom. The van der Waals surface area contributed by atoms with Gasteiger partial charge in [0.05, 0.1) is 19.2 Å². The van der Waals surface area contributed by atoms with E-state index >= 15 is 0 Å². The zero-order chi connectivity index (χ0) is 10.6. The Hall–Kier alpha value is -1.43. The number of aromatic nitrogens is 2. The predicted molar refractivity (Wildman–Crippen MR) is 51.1 cm³/mol. The Kier molecular flexibility index (Phi) is 3.58. The molecule has 0 bridgehead atoms. The van der Waals surface area contributed by atoms with Crippen molar-refractivity contribution in [1.82, 2.24) is 10.2 Å². The maximum atomic E-state index is 10.9. The summed E-state index contributed by atoms with van der Waals surface area (Å²) in [7, 11) is 1.26. The first-order valence-corrected chi connectivity index (χ1v) is 4.21. The minimum atomic E-state index is -0.554. The molecule has 0 aliphatic heterocycles. The molecule has 1 heterocycles. The van der Waals surface area contributed by atoms with Crippen LogP contribution >= 0.6 is 12.6 Å². The van der Waals surface area contributed by atoms with E-state index < -0.39 is 5.97 Å². The zero-order valence-corrected chi connectivity index (χ0v) is 8.32. The fourth-order valence-corrected chi connectivity index (χ4v) is 0.985. The molecule has 6 heteroatoms. The molecule has 0 saturated carbocycles. The van der Waals surface area contributed by atoms with Crippen molar-refractivity contribution in [1.29, 1.82) is 0 Å². The predicted octanol–water partition coefficient (Wildman–Crippen LogP) is 0.262. The number of carbonyl (C=O) groups is 2. The molecule has 0 amide bonds. The lowest BCUT2D eigenvalue weighted by Crippen LogP contribution is -2.07. The van der Waals surface area contributed by atoms with E-state index in [1.807, 2.05) is 0 Å². The molecule has 14 heavy (non-hydrogen) atoms. The standard InChI is InChI=1S/C8H8N2O3S/c1-13-8(12)6-3-2-5(9-10-6)4-7(11)14/h2-3H,4H2,1H3,(H,11,14). The van der Waals surface area contributed by atoms with Gasteiger partial charge in [0.2, 0.25) is 0 Å². The van der Waals surface area contributed by atoms with E-state index in [9.17, 15) is 9.59 Å². The van der Waals surface area contributed by atoms with Crippen LogP contribution in [0.2, 0.25) is 0 Å². The topological polar surface area (TPSA) is 69.2 Å². The van der Waals surface area contributed by atoms with Gasteiger partial charge in [-0.15, -0.1) is 17.7 Å². The second kappa shape index (κ2) is 4.71. The summed E-state index contributed by atoms with van der Waals surface area (Å²) < 4.78 is 4.43. The molecule has 1 aromatic heterocycles. The monoisotopic (exact) mass is 212 g/mol. The lowest BCUT2D eigenvalue weighted by molar-refractivity contribution is -0.110. The smallest absolute Gasteiger partial charge is 0.358 e. The quantitative estimate of drug-likeness (QED) is 0.575. The number of hydrogen-bond acceptors (Lipinski definition) is 5. The van der Waals surface area contributed by atoms with E-state index in [0.717, 1.165) is 0 Å². The first-order valence-electron chi connectivity index (χ1n) is 3.76. The van der Waals surface area contributed by atoms with Gasteiger partial charge in [-0.1, -0.05) is 0 Å². The van der Waals surface area contributed by atoms with Gasteiger partial charge in [-0.2, -0.15) is 5.10 Å². The molecule has 0 unspecified atom stereocenters. The summed E-state index contributed by atoms with van der Waals surface area (Å²) in [5, 5.41) is 6.96. The van der Waals surface area contributed by atoms with Crippen LogP contribution in [0.25, 0.3) is 0 Å². The number of ether oxygens (including phenoxy) is 1. The minimum absolute atomic E-state index is 0.0948. The molecule has 0 saturated heterocycles. The highest BCUT2D eigenvalue weighted by Gasteiger charge is 2.08. The van der Waals surface area contributed by atoms with Gasteiger partial charge in [-0.05, 0) is 12.1 Å². The molecule has 5 nitrogen and oxygen atoms in total. The lowest BCUT2D eigenvalue weighted by atomic mass is 10.3. The number of thiol groups is 1. The normalized spacial score (nSPS) is 9.57. The highest BCUT2D eigenvalue weighted by atomic mass is 32.1. The molecule has 0 aliphatic carbocycles. The van der Waals surface area contributed by atoms with E-state index in [-0.39, 0.29) is 17.2 Å². The first-order chi connectivity index (χ1) is 6.63. The van der Waals surface area contributed by atoms with Gasteiger partial charge in [0.15, 0.2) is 10.8 Å². The molecular weight excluding hydrogens is 204 g/mol. The van der Waals surface area contributed by atoms with Crippen molar-refractivity contribution in [2.24, 2.45) is 0 Å². The summed E-state index contributed by atoms with van der Waals surface area (Å²) >= 11 is 3.60. The number of rotatable bonds is 3. The van der Waals surface area contributed by atoms with Gasteiger partial charge < -0.3 is 4.74 Å². The summed E-state index contributed by atoms with van der Waals surface area (Å²) in [6.45, 7) is 0. The largest absolute Gasteiger partial charge is 0.464 e. The number of hydrogen-bond donors (Lipinski definition) is 1. The Bertz CT molecular complexity index is 350. The summed E-state index contributed by atoms with van der Waals surface area (Å²) in [4.78, 5) is 21.5. The van der Waals surface area contributed by atoms with Crippen molar-refractivity contribution >= 4 is 23.7 Å². The van der Waals surface area contributed by atoms with Crippen LogP contribution in [-0.2, 0) is 16.0 Å². The second-order valence-electron chi connectivity index (χ2n) is 2.47. The molecule has 74 valence electrons. The second-order valence-corrected chi connectivity index (χ2v) is 2.97. The van der Waals surface area contributed by atoms with Crippen LogP contribution in [-0.4, -0.2) is 28.4 Å². The minimum Gasteiger partial charge on any atom is -0.464 e. The SMILES string of the molecule is COC(=O)c1ccc(CC(=O)S)nn1. The van der Waals surface area contributed by atoms with Gasteiger partial charge in [0, 0.05) is 0 Å². The lowest BCUT2D eigenvalue weighted by Gasteiger charge is -1.98. The Morgan fingerprint density at radius 1 is 1.43 bits per heavy atom. The first kappa shape index (κ1) is 10.6. The van der Waals surface area contributed by atoms with Crippen LogP contribution in [0.15, 0.2) is 12.1 Å². The number of methoxy groups -OCH3 is 1. The average Bonchev–Trinajstić information content (AvgIpc) is 2.17. The van der Waals surface area contributed by atoms with Gasteiger partial charge in [-0.25, -0.2) is 4.79 Å². The molecule has 1 aromatic rings. The summed E-state index contributed by atoms with van der Waals surface area (Å²) in [5.41, 5.74) is 0.584. The van der Waals surface area contributed by atoms with Crippen LogP contribution in [0, 0.1) is 0 Å². The molecule has 0 atom stereocenters. The van der Waals surface area contributed by atoms with E-state index in [1.165, 1.54) is 19.2 Å². The Balaban J connectivity index is 2.78. The highest BCUT2D eigenvalue weighted by molar-refractivity contribution is 7.96. The number of carbonyl (C=O) groups excluding carboxylic acids is 2. The third kappa shape index (κ3) is 2.81. The van der Waals surface area contributed by atoms with Crippen molar-refractivity contribution in [2.45, 2.75) is 6.42 Å². The van der Waals surface area contributed by atoms with Gasteiger partial charge in [-0.3, -0.25) is 4.79 Å². The van der Waals surface area contributed by atoms with Crippen molar-refractivity contribution in [3.8, 4) is 0 Å². The third-order valence-corrected chi connectivity index (χ3v) is 1.60. The fraction of sp³-hybridized carbons (Fsp3) is 0.250.